The van der Waals surface area contributed by atoms with E-state index in [0.29, 0.717) is 9.16 Å². The van der Waals surface area contributed by atoms with Crippen LogP contribution in [0.5, 0.6) is 0 Å². The van der Waals surface area contributed by atoms with E-state index in [9.17, 15) is 25.4 Å². The van der Waals surface area contributed by atoms with Crippen molar-refractivity contribution in [3.63, 3.8) is 0 Å². The Kier molecular flexibility index (Phi) is 4.00. The largest absolute Gasteiger partial charge is 0.805 e. The van der Waals surface area contributed by atoms with E-state index < -0.39 is 30.6 Å². The van der Waals surface area contributed by atoms with Crippen LogP contribution in [0.2, 0.25) is 0 Å². The maximum absolute atomic E-state index is 12.1. The molecular weight excluding hydrogens is 268 g/mol. The van der Waals surface area contributed by atoms with E-state index >= 15 is 0 Å². The molecule has 2 aromatic rings. The van der Waals surface area contributed by atoms with Crippen LogP contribution < -0.4 is 4.43 Å². The van der Waals surface area contributed by atoms with Crippen molar-refractivity contribution in [3.8, 4) is 0 Å². The van der Waals surface area contributed by atoms with Gasteiger partial charge in [0.25, 0.3) is 5.52 Å². The van der Waals surface area contributed by atoms with Crippen LogP contribution in [0, 0.1) is 10.1 Å². The van der Waals surface area contributed by atoms with Crippen molar-refractivity contribution in [1.82, 2.24) is 4.73 Å². The number of hydrogen-bond acceptors (Lipinski definition) is 6. The molecule has 0 amide bonds. The van der Waals surface area contributed by atoms with Gasteiger partial charge in [-0.15, -0.1) is 0 Å². The molecule has 0 radical (unpaired) electrons. The van der Waals surface area contributed by atoms with Gasteiger partial charge in [-0.2, -0.15) is 0 Å². The predicted octanol–water partition coefficient (Wildman–Crippen LogP) is -1.35. The van der Waals surface area contributed by atoms with Gasteiger partial charge in [-0.3, -0.25) is 0 Å². The second kappa shape index (κ2) is 5.55. The zero-order valence-corrected chi connectivity index (χ0v) is 10.3. The summed E-state index contributed by atoms with van der Waals surface area (Å²) >= 11 is 0. The van der Waals surface area contributed by atoms with Gasteiger partial charge in [0.2, 0.25) is 6.20 Å². The smallest absolute Gasteiger partial charge is 0.285 e. The molecule has 0 spiro atoms. The number of hydrogen-bond donors (Lipinski definition) is 4. The quantitative estimate of drug-likeness (QED) is 0.513. The third-order valence-electron chi connectivity index (χ3n) is 3.03. The first-order chi connectivity index (χ1) is 9.47. The topological polar surface area (TPSA) is 132 Å². The molecule has 1 aromatic carbocycles. The number of rotatable bonds is 4. The molecule has 108 valence electrons. The molecule has 0 aliphatic carbocycles. The van der Waals surface area contributed by atoms with Crippen molar-refractivity contribution in [2.45, 2.75) is 18.3 Å². The molecule has 0 fully saturated rings. The van der Waals surface area contributed by atoms with Crippen molar-refractivity contribution < 1.29 is 24.9 Å². The molecule has 0 aliphatic rings. The highest BCUT2D eigenvalue weighted by Crippen LogP contribution is 2.20. The standard InChI is InChI=1S/C12H14N2O6/c15-6-10(16)12(18)11(17)9-5-13(19)7-3-1-2-4-8(7)14(9)20/h1-5,10-12,15-18H,6H2/t10-,11+,12+/m0/s1. The Morgan fingerprint density at radius 3 is 2.55 bits per heavy atom. The second-order valence-corrected chi connectivity index (χ2v) is 4.35. The highest BCUT2D eigenvalue weighted by molar-refractivity contribution is 5.71. The molecule has 0 saturated carbocycles. The maximum atomic E-state index is 12.1. The lowest BCUT2D eigenvalue weighted by molar-refractivity contribution is -0.465. The van der Waals surface area contributed by atoms with E-state index in [2.05, 4.69) is 0 Å². The Hall–Kier alpha value is -2.00. The van der Waals surface area contributed by atoms with Crippen LogP contribution in [0.25, 0.3) is 11.0 Å². The average molecular weight is 282 g/mol. The lowest BCUT2D eigenvalue weighted by atomic mass is 10.1. The number of aromatic nitrogens is 2. The van der Waals surface area contributed by atoms with Gasteiger partial charge in [-0.25, -0.2) is 0 Å². The van der Waals surface area contributed by atoms with Crippen LogP contribution >= 0.6 is 0 Å². The van der Waals surface area contributed by atoms with Crippen LogP contribution in [0.4, 0.5) is 0 Å². The fraction of sp³-hybridized carbons (Fsp3) is 0.333. The predicted molar refractivity (Wildman–Crippen MR) is 68.1 cm³/mol. The van der Waals surface area contributed by atoms with Gasteiger partial charge in [0.1, 0.15) is 29.5 Å². The number of aliphatic hydroxyl groups is 4. The summed E-state index contributed by atoms with van der Waals surface area (Å²) in [6.45, 7) is -0.790. The fourth-order valence-electron chi connectivity index (χ4n) is 1.89. The van der Waals surface area contributed by atoms with Gasteiger partial charge in [0.05, 0.1) is 11.0 Å². The number of nitrogens with zero attached hydrogens (tertiary/aromatic N) is 2. The molecule has 0 aliphatic heterocycles. The van der Waals surface area contributed by atoms with Gasteiger partial charge in [-0.05, 0) is 6.07 Å². The highest BCUT2D eigenvalue weighted by atomic mass is 16.5. The molecule has 2 rings (SSSR count). The lowest BCUT2D eigenvalue weighted by Gasteiger charge is -2.25. The van der Waals surface area contributed by atoms with E-state index in [1.54, 1.807) is 12.1 Å². The molecule has 8 nitrogen and oxygen atoms in total. The Bertz CT molecular complexity index is 671. The Morgan fingerprint density at radius 1 is 1.25 bits per heavy atom. The van der Waals surface area contributed by atoms with Gasteiger partial charge >= 0.3 is 0 Å². The van der Waals surface area contributed by atoms with Crippen molar-refractivity contribution in [2.75, 3.05) is 6.61 Å². The molecule has 8 heteroatoms. The van der Waals surface area contributed by atoms with Crippen molar-refractivity contribution in [1.29, 1.82) is 0 Å². The summed E-state index contributed by atoms with van der Waals surface area (Å²) in [5.41, 5.74) is -0.293. The van der Waals surface area contributed by atoms with Crippen LogP contribution in [-0.2, 0) is 0 Å². The third-order valence-corrected chi connectivity index (χ3v) is 3.03. The van der Waals surface area contributed by atoms with Gasteiger partial charge in [-0.1, -0.05) is 12.1 Å². The van der Waals surface area contributed by atoms with Crippen LogP contribution in [-0.4, -0.2) is 44.0 Å². The number of aliphatic hydroxyl groups excluding tert-OH is 4. The summed E-state index contributed by atoms with van der Waals surface area (Å²) in [7, 11) is 0. The van der Waals surface area contributed by atoms with E-state index in [1.807, 2.05) is 0 Å². The SMILES string of the molecule is O=[n+]1cc([C@@H](O)[C@H](O)[C@@H](O)CO)n([O-])c2ccccc21. The normalized spacial score (nSPS) is 16.0. The van der Waals surface area contributed by atoms with Gasteiger partial charge in [0, 0.05) is 11.0 Å². The molecule has 3 atom stereocenters. The van der Waals surface area contributed by atoms with Gasteiger partial charge < -0.3 is 30.4 Å². The zero-order chi connectivity index (χ0) is 14.9. The van der Waals surface area contributed by atoms with E-state index in [1.165, 1.54) is 12.1 Å². The minimum atomic E-state index is -1.81. The first-order valence-electron chi connectivity index (χ1n) is 5.86. The van der Waals surface area contributed by atoms with Crippen LogP contribution in [0.3, 0.4) is 0 Å². The molecule has 20 heavy (non-hydrogen) atoms. The summed E-state index contributed by atoms with van der Waals surface area (Å²) in [4.78, 5) is 11.8. The van der Waals surface area contributed by atoms with Crippen LogP contribution in [0.1, 0.15) is 11.8 Å². The molecule has 0 unspecified atom stereocenters. The van der Waals surface area contributed by atoms with Crippen molar-refractivity contribution >= 4 is 11.0 Å². The lowest BCUT2D eigenvalue weighted by Crippen LogP contribution is -2.36. The molecule has 1 heterocycles. The molecule has 4 N–H and O–H groups in total. The van der Waals surface area contributed by atoms with E-state index in [4.69, 9.17) is 5.11 Å². The maximum Gasteiger partial charge on any atom is 0.285 e. The Labute approximate surface area is 113 Å². The van der Waals surface area contributed by atoms with E-state index in [-0.39, 0.29) is 11.0 Å². The van der Waals surface area contributed by atoms with Gasteiger partial charge in [0.15, 0.2) is 0 Å². The van der Waals surface area contributed by atoms with E-state index in [0.717, 1.165) is 6.20 Å². The van der Waals surface area contributed by atoms with Crippen molar-refractivity contribution in [2.24, 2.45) is 0 Å². The Morgan fingerprint density at radius 2 is 1.90 bits per heavy atom. The van der Waals surface area contributed by atoms with Crippen molar-refractivity contribution in [3.05, 3.63) is 46.3 Å². The first kappa shape index (κ1) is 14.4. The second-order valence-electron chi connectivity index (χ2n) is 4.35. The third kappa shape index (κ3) is 2.37. The first-order valence-corrected chi connectivity index (χ1v) is 5.86. The molecule has 1 aromatic heterocycles. The number of para-hydroxylation sites is 2. The average Bonchev–Trinajstić information content (AvgIpc) is 2.48. The monoisotopic (exact) mass is 282 g/mol. The minimum Gasteiger partial charge on any atom is -0.805 e. The highest BCUT2D eigenvalue weighted by Gasteiger charge is 2.29. The zero-order valence-electron chi connectivity index (χ0n) is 10.3. The number of benzene rings is 1. The molecular formula is C12H14N2O6. The summed E-state index contributed by atoms with van der Waals surface area (Å²) in [6.07, 6.45) is -4.40. The number of fused-ring (bicyclic) bond motifs is 1. The molecule has 0 saturated heterocycles. The summed E-state index contributed by atoms with van der Waals surface area (Å²) in [5.74, 6) is 0. The minimum absolute atomic E-state index is 0.0183. The summed E-state index contributed by atoms with van der Waals surface area (Å²) in [6, 6.07) is 5.96. The summed E-state index contributed by atoms with van der Waals surface area (Å²) in [5, 5.41) is 49.6. The Balaban J connectivity index is 2.55. The summed E-state index contributed by atoms with van der Waals surface area (Å²) < 4.78 is 0.696. The fourth-order valence-corrected chi connectivity index (χ4v) is 1.89. The molecule has 0 bridgehead atoms. The van der Waals surface area contributed by atoms with Crippen LogP contribution in [0.15, 0.2) is 30.5 Å².